The maximum Gasteiger partial charge on any atom is 0.237 e. The fourth-order valence-corrected chi connectivity index (χ4v) is 4.10. The number of rotatable bonds is 8. The van der Waals surface area contributed by atoms with Crippen LogP contribution in [0.3, 0.4) is 0 Å². The van der Waals surface area contributed by atoms with Gasteiger partial charge in [0, 0.05) is 10.6 Å². The summed E-state index contributed by atoms with van der Waals surface area (Å²) in [6, 6.07) is 15.2. The third kappa shape index (κ3) is 5.37. The molecule has 0 spiro atoms. The third-order valence-corrected chi connectivity index (χ3v) is 6.09. The Morgan fingerprint density at radius 3 is 2.82 bits per heavy atom. The molecule has 2 heterocycles. The Kier molecular flexibility index (Phi) is 7.00. The summed E-state index contributed by atoms with van der Waals surface area (Å²) in [5.41, 5.74) is 0.867. The molecule has 1 amide bonds. The van der Waals surface area contributed by atoms with Crippen molar-refractivity contribution in [3.8, 4) is 17.1 Å². The van der Waals surface area contributed by atoms with Gasteiger partial charge in [0.25, 0.3) is 0 Å². The van der Waals surface area contributed by atoms with E-state index in [0.717, 1.165) is 11.6 Å². The van der Waals surface area contributed by atoms with Crippen molar-refractivity contribution in [3.05, 3.63) is 77.5 Å². The Balaban J connectivity index is 1.59. The van der Waals surface area contributed by atoms with Gasteiger partial charge in [-0.15, -0.1) is 10.2 Å². The molecule has 0 saturated carbocycles. The molecule has 0 aliphatic heterocycles. The van der Waals surface area contributed by atoms with Gasteiger partial charge in [-0.2, -0.15) is 0 Å². The van der Waals surface area contributed by atoms with Gasteiger partial charge in [-0.25, -0.2) is 4.39 Å². The van der Waals surface area contributed by atoms with E-state index in [4.69, 9.17) is 20.8 Å². The fraction of sp³-hybridized carbons (Fsp3) is 0.174. The maximum atomic E-state index is 14.1. The van der Waals surface area contributed by atoms with Crippen LogP contribution in [0.25, 0.3) is 11.4 Å². The minimum atomic E-state index is -0.602. The number of amides is 1. The summed E-state index contributed by atoms with van der Waals surface area (Å²) in [6.07, 6.45) is 1.59. The topological polar surface area (TPSA) is 82.2 Å². The molecule has 170 valence electrons. The van der Waals surface area contributed by atoms with E-state index < -0.39 is 11.1 Å². The molecule has 1 atom stereocenters. The number of anilines is 1. The first kappa shape index (κ1) is 22.9. The summed E-state index contributed by atoms with van der Waals surface area (Å²) in [5.74, 6) is 1.02. The molecule has 0 bridgehead atoms. The highest BCUT2D eigenvalue weighted by Crippen LogP contribution is 2.30. The maximum absolute atomic E-state index is 14.1. The molecule has 0 fully saturated rings. The smallest absolute Gasteiger partial charge is 0.237 e. The van der Waals surface area contributed by atoms with Crippen molar-refractivity contribution in [2.75, 3.05) is 12.4 Å². The van der Waals surface area contributed by atoms with Crippen molar-refractivity contribution in [1.29, 1.82) is 0 Å². The number of nitrogens with one attached hydrogen (secondary N) is 1. The summed E-state index contributed by atoms with van der Waals surface area (Å²) in [6.45, 7) is 2.08. The van der Waals surface area contributed by atoms with Crippen molar-refractivity contribution in [2.24, 2.45) is 0 Å². The van der Waals surface area contributed by atoms with E-state index >= 15 is 0 Å². The van der Waals surface area contributed by atoms with Gasteiger partial charge in [0.1, 0.15) is 17.3 Å². The largest absolute Gasteiger partial charge is 0.497 e. The molecule has 2 aromatic carbocycles. The number of thioether (sulfide) groups is 1. The Labute approximate surface area is 198 Å². The average Bonchev–Trinajstić information content (AvgIpc) is 3.46. The summed E-state index contributed by atoms with van der Waals surface area (Å²) in [4.78, 5) is 12.7. The van der Waals surface area contributed by atoms with Crippen LogP contribution in [-0.2, 0) is 11.3 Å². The van der Waals surface area contributed by atoms with Crippen LogP contribution >= 0.6 is 23.4 Å². The second-order valence-electron chi connectivity index (χ2n) is 7.08. The second-order valence-corrected chi connectivity index (χ2v) is 8.82. The zero-order valence-electron chi connectivity index (χ0n) is 17.8. The van der Waals surface area contributed by atoms with Crippen LogP contribution in [0, 0.1) is 5.82 Å². The molecule has 10 heteroatoms. The van der Waals surface area contributed by atoms with Crippen molar-refractivity contribution in [3.63, 3.8) is 0 Å². The summed E-state index contributed by atoms with van der Waals surface area (Å²) >= 11 is 6.99. The number of aromatic nitrogens is 3. The minimum absolute atomic E-state index is 0.0611. The highest BCUT2D eigenvalue weighted by atomic mass is 35.5. The molecular weight excluding hydrogens is 467 g/mol. The van der Waals surface area contributed by atoms with E-state index in [-0.39, 0.29) is 16.6 Å². The van der Waals surface area contributed by atoms with E-state index in [0.29, 0.717) is 29.0 Å². The van der Waals surface area contributed by atoms with Gasteiger partial charge in [-0.05, 0) is 49.4 Å². The molecule has 4 rings (SSSR count). The lowest BCUT2D eigenvalue weighted by molar-refractivity contribution is -0.115. The molecule has 1 N–H and O–H groups in total. The lowest BCUT2D eigenvalue weighted by Crippen LogP contribution is -2.23. The van der Waals surface area contributed by atoms with Crippen molar-refractivity contribution < 1.29 is 18.3 Å². The summed E-state index contributed by atoms with van der Waals surface area (Å²) in [5, 5.41) is 11.4. The first-order chi connectivity index (χ1) is 15.9. The molecular formula is C23H20ClFN4O3S. The zero-order valence-corrected chi connectivity index (χ0v) is 19.4. The SMILES string of the molecule is COc1cccc(-c2nnc(SC(C)C(=O)Nc3ccc(Cl)cc3F)n2Cc2ccco2)c1. The first-order valence-electron chi connectivity index (χ1n) is 9.97. The molecule has 1 unspecified atom stereocenters. The Morgan fingerprint density at radius 2 is 2.09 bits per heavy atom. The van der Waals surface area contributed by atoms with Gasteiger partial charge in [0.2, 0.25) is 5.91 Å². The molecule has 2 aromatic heterocycles. The number of nitrogens with zero attached hydrogens (tertiary/aromatic N) is 3. The van der Waals surface area contributed by atoms with E-state index in [1.807, 2.05) is 34.9 Å². The number of ether oxygens (including phenoxy) is 1. The van der Waals surface area contributed by atoms with Crippen molar-refractivity contribution in [1.82, 2.24) is 14.8 Å². The van der Waals surface area contributed by atoms with Crippen LogP contribution < -0.4 is 10.1 Å². The second kappa shape index (κ2) is 10.1. The molecule has 0 radical (unpaired) electrons. The van der Waals surface area contributed by atoms with Crippen LogP contribution in [0.4, 0.5) is 10.1 Å². The van der Waals surface area contributed by atoms with Gasteiger partial charge in [0.05, 0.1) is 30.9 Å². The van der Waals surface area contributed by atoms with Crippen molar-refractivity contribution in [2.45, 2.75) is 23.9 Å². The van der Waals surface area contributed by atoms with Crippen LogP contribution in [0.5, 0.6) is 5.75 Å². The van der Waals surface area contributed by atoms with Crippen LogP contribution in [0.1, 0.15) is 12.7 Å². The van der Waals surface area contributed by atoms with E-state index in [2.05, 4.69) is 15.5 Å². The van der Waals surface area contributed by atoms with E-state index in [9.17, 15) is 9.18 Å². The number of furan rings is 1. The molecule has 33 heavy (non-hydrogen) atoms. The molecule has 0 aliphatic rings. The Morgan fingerprint density at radius 1 is 1.24 bits per heavy atom. The van der Waals surface area contributed by atoms with Crippen molar-refractivity contribution >= 4 is 35.0 Å². The van der Waals surface area contributed by atoms with Gasteiger partial charge in [-0.1, -0.05) is 35.5 Å². The third-order valence-electron chi connectivity index (χ3n) is 4.78. The number of benzene rings is 2. The average molecular weight is 487 g/mol. The van der Waals surface area contributed by atoms with Gasteiger partial charge < -0.3 is 14.5 Å². The quantitative estimate of drug-likeness (QED) is 0.331. The lowest BCUT2D eigenvalue weighted by Gasteiger charge is -2.14. The summed E-state index contributed by atoms with van der Waals surface area (Å²) < 4.78 is 26.8. The van der Waals surface area contributed by atoms with Gasteiger partial charge in [-0.3, -0.25) is 9.36 Å². The van der Waals surface area contributed by atoms with Gasteiger partial charge in [0.15, 0.2) is 11.0 Å². The van der Waals surface area contributed by atoms with Gasteiger partial charge >= 0.3 is 0 Å². The standard InChI is InChI=1S/C23H20ClFN4O3S/c1-14(22(30)26-20-9-8-16(24)12-19(20)25)33-23-28-27-21(15-5-3-6-17(11-15)31-2)29(23)13-18-7-4-10-32-18/h3-12,14H,13H2,1-2H3,(H,26,30). The Hall–Kier alpha value is -3.30. The van der Waals surface area contributed by atoms with E-state index in [1.165, 1.54) is 23.9 Å². The Bertz CT molecular complexity index is 1260. The lowest BCUT2D eigenvalue weighted by atomic mass is 10.2. The van der Waals surface area contributed by atoms with Crippen LogP contribution in [0.15, 0.2) is 70.4 Å². The monoisotopic (exact) mass is 486 g/mol. The van der Waals surface area contributed by atoms with Crippen LogP contribution in [0.2, 0.25) is 5.02 Å². The number of carbonyl (C=O) groups excluding carboxylic acids is 1. The molecule has 4 aromatic rings. The normalized spacial score (nSPS) is 11.9. The summed E-state index contributed by atoms with van der Waals surface area (Å²) in [7, 11) is 1.60. The van der Waals surface area contributed by atoms with Crippen LogP contribution in [-0.4, -0.2) is 33.0 Å². The van der Waals surface area contributed by atoms with E-state index in [1.54, 1.807) is 26.4 Å². The number of hydrogen-bond acceptors (Lipinski definition) is 6. The molecule has 0 aliphatic carbocycles. The highest BCUT2D eigenvalue weighted by Gasteiger charge is 2.22. The number of hydrogen-bond donors (Lipinski definition) is 1. The minimum Gasteiger partial charge on any atom is -0.497 e. The first-order valence-corrected chi connectivity index (χ1v) is 11.2. The number of carbonyl (C=O) groups is 1. The zero-order chi connectivity index (χ0) is 23.4. The molecule has 7 nitrogen and oxygen atoms in total. The predicted molar refractivity (Wildman–Crippen MR) is 125 cm³/mol. The predicted octanol–water partition coefficient (Wildman–Crippen LogP) is 5.51. The number of halogens is 2. The molecule has 0 saturated heterocycles. The number of methoxy groups -OCH3 is 1. The fourth-order valence-electron chi connectivity index (χ4n) is 3.09. The highest BCUT2D eigenvalue weighted by molar-refractivity contribution is 8.00.